The molecule has 1 aromatic heterocycles. The van der Waals surface area contributed by atoms with Crippen molar-refractivity contribution in [1.82, 2.24) is 4.98 Å². The smallest absolute Gasteiger partial charge is 0.274 e. The Labute approximate surface area is 159 Å². The number of aromatic nitrogens is 1. The van der Waals surface area contributed by atoms with E-state index in [1.54, 1.807) is 12.3 Å². The van der Waals surface area contributed by atoms with Crippen molar-refractivity contribution in [2.24, 2.45) is 0 Å². The molecule has 0 radical (unpaired) electrons. The molecule has 5 nitrogen and oxygen atoms in total. The van der Waals surface area contributed by atoms with Gasteiger partial charge in [-0.2, -0.15) is 0 Å². The van der Waals surface area contributed by atoms with Crippen LogP contribution in [0, 0.1) is 6.92 Å². The average molecular weight is 361 g/mol. The van der Waals surface area contributed by atoms with Crippen molar-refractivity contribution >= 4 is 23.0 Å². The topological polar surface area (TPSA) is 63.2 Å². The first-order valence-corrected chi connectivity index (χ1v) is 8.88. The molecule has 0 fully saturated rings. The molecule has 2 N–H and O–H groups in total. The maximum atomic E-state index is 12.4. The van der Waals surface area contributed by atoms with E-state index in [-0.39, 0.29) is 12.0 Å². The monoisotopic (exact) mass is 361 g/mol. The van der Waals surface area contributed by atoms with Gasteiger partial charge in [-0.15, -0.1) is 0 Å². The number of rotatable bonds is 6. The van der Waals surface area contributed by atoms with Crippen molar-refractivity contribution in [3.05, 3.63) is 78.1 Å². The molecule has 138 valence electrons. The van der Waals surface area contributed by atoms with Crippen LogP contribution in [0.4, 0.5) is 17.1 Å². The molecule has 0 aliphatic carbocycles. The highest BCUT2D eigenvalue weighted by atomic mass is 16.5. The fourth-order valence-corrected chi connectivity index (χ4v) is 2.56. The lowest BCUT2D eigenvalue weighted by atomic mass is 10.2. The highest BCUT2D eigenvalue weighted by molar-refractivity contribution is 6.03. The lowest BCUT2D eigenvalue weighted by Crippen LogP contribution is -2.14. The van der Waals surface area contributed by atoms with Crippen LogP contribution in [0.3, 0.4) is 0 Å². The first-order valence-electron chi connectivity index (χ1n) is 8.88. The van der Waals surface area contributed by atoms with Crippen molar-refractivity contribution in [2.75, 3.05) is 10.6 Å². The second kappa shape index (κ2) is 8.36. The van der Waals surface area contributed by atoms with Crippen LogP contribution in [0.1, 0.15) is 29.9 Å². The van der Waals surface area contributed by atoms with Crippen LogP contribution in [-0.4, -0.2) is 17.0 Å². The summed E-state index contributed by atoms with van der Waals surface area (Å²) < 4.78 is 5.63. The van der Waals surface area contributed by atoms with Gasteiger partial charge in [0.1, 0.15) is 11.4 Å². The zero-order valence-electron chi connectivity index (χ0n) is 15.7. The lowest BCUT2D eigenvalue weighted by molar-refractivity contribution is 0.102. The maximum absolute atomic E-state index is 12.4. The van der Waals surface area contributed by atoms with E-state index >= 15 is 0 Å². The van der Waals surface area contributed by atoms with E-state index in [1.165, 1.54) is 0 Å². The van der Waals surface area contributed by atoms with Crippen LogP contribution in [0.5, 0.6) is 5.75 Å². The SMILES string of the molecule is Cc1ccccc1NC(=O)c1ccc(Nc2ccc(OC(C)C)cc2)cn1. The molecule has 3 aromatic rings. The van der Waals surface area contributed by atoms with E-state index in [0.29, 0.717) is 5.69 Å². The number of benzene rings is 2. The van der Waals surface area contributed by atoms with Gasteiger partial charge in [-0.05, 0) is 68.8 Å². The van der Waals surface area contributed by atoms with E-state index in [2.05, 4.69) is 15.6 Å². The summed E-state index contributed by atoms with van der Waals surface area (Å²) in [6.07, 6.45) is 1.79. The predicted octanol–water partition coefficient (Wildman–Crippen LogP) is 5.17. The summed E-state index contributed by atoms with van der Waals surface area (Å²) >= 11 is 0. The quantitative estimate of drug-likeness (QED) is 0.635. The van der Waals surface area contributed by atoms with Gasteiger partial charge in [-0.25, -0.2) is 4.98 Å². The van der Waals surface area contributed by atoms with Crippen LogP contribution in [-0.2, 0) is 0 Å². The first kappa shape index (κ1) is 18.5. The Morgan fingerprint density at radius 3 is 2.30 bits per heavy atom. The molecular weight excluding hydrogens is 338 g/mol. The van der Waals surface area contributed by atoms with Crippen LogP contribution >= 0.6 is 0 Å². The Kier molecular flexibility index (Phi) is 5.71. The molecule has 0 unspecified atom stereocenters. The Morgan fingerprint density at radius 1 is 0.963 bits per heavy atom. The Morgan fingerprint density at radius 2 is 1.67 bits per heavy atom. The molecule has 0 saturated carbocycles. The highest BCUT2D eigenvalue weighted by Crippen LogP contribution is 2.21. The summed E-state index contributed by atoms with van der Waals surface area (Å²) in [6.45, 7) is 5.94. The third kappa shape index (κ3) is 5.07. The minimum absolute atomic E-state index is 0.145. The third-order valence-corrected chi connectivity index (χ3v) is 3.90. The van der Waals surface area contributed by atoms with Gasteiger partial charge in [0.15, 0.2) is 0 Å². The molecule has 0 aliphatic heterocycles. The predicted molar refractivity (Wildman–Crippen MR) is 109 cm³/mol. The van der Waals surface area contributed by atoms with Gasteiger partial charge in [-0.3, -0.25) is 4.79 Å². The van der Waals surface area contributed by atoms with E-state index in [1.807, 2.05) is 75.4 Å². The Hall–Kier alpha value is -3.34. The number of aryl methyl sites for hydroxylation is 1. The number of hydrogen-bond acceptors (Lipinski definition) is 4. The standard InChI is InChI=1S/C22H23N3O2/c1-15(2)27-19-11-8-17(9-12-19)24-18-10-13-21(23-14-18)22(26)25-20-7-5-4-6-16(20)3/h4-15,24H,1-3H3,(H,25,26). The molecule has 1 heterocycles. The van der Waals surface area contributed by atoms with E-state index in [9.17, 15) is 4.79 Å². The molecule has 5 heteroatoms. The summed E-state index contributed by atoms with van der Waals surface area (Å²) in [5, 5.41) is 6.14. The Bertz CT molecular complexity index is 904. The fraction of sp³-hybridized carbons (Fsp3) is 0.182. The summed E-state index contributed by atoms with van der Waals surface area (Å²) in [7, 11) is 0. The van der Waals surface area contributed by atoms with Gasteiger partial charge >= 0.3 is 0 Å². The molecule has 0 saturated heterocycles. The van der Waals surface area contributed by atoms with E-state index in [0.717, 1.165) is 28.4 Å². The number of ether oxygens (including phenoxy) is 1. The number of carbonyl (C=O) groups is 1. The van der Waals surface area contributed by atoms with Gasteiger partial charge in [0.2, 0.25) is 0 Å². The highest BCUT2D eigenvalue weighted by Gasteiger charge is 2.09. The number of pyridine rings is 1. The van der Waals surface area contributed by atoms with E-state index in [4.69, 9.17) is 4.74 Å². The number of carbonyl (C=O) groups excluding carboxylic acids is 1. The third-order valence-electron chi connectivity index (χ3n) is 3.90. The second-order valence-electron chi connectivity index (χ2n) is 6.52. The molecule has 0 aliphatic rings. The van der Waals surface area contributed by atoms with Crippen LogP contribution in [0.15, 0.2) is 66.9 Å². The van der Waals surface area contributed by atoms with Gasteiger partial charge in [0, 0.05) is 11.4 Å². The molecule has 1 amide bonds. The van der Waals surface area contributed by atoms with Gasteiger partial charge in [-0.1, -0.05) is 18.2 Å². The normalized spacial score (nSPS) is 10.5. The lowest BCUT2D eigenvalue weighted by Gasteiger charge is -2.11. The molecule has 27 heavy (non-hydrogen) atoms. The van der Waals surface area contributed by atoms with Gasteiger partial charge < -0.3 is 15.4 Å². The Balaban J connectivity index is 1.63. The van der Waals surface area contributed by atoms with E-state index < -0.39 is 0 Å². The second-order valence-corrected chi connectivity index (χ2v) is 6.52. The average Bonchev–Trinajstić information content (AvgIpc) is 2.65. The van der Waals surface area contributed by atoms with Crippen molar-refractivity contribution < 1.29 is 9.53 Å². The number of nitrogens with zero attached hydrogens (tertiary/aromatic N) is 1. The summed E-state index contributed by atoms with van der Waals surface area (Å²) in [5.74, 6) is 0.600. The molecule has 0 atom stereocenters. The molecular formula is C22H23N3O2. The van der Waals surface area contributed by atoms with Crippen molar-refractivity contribution in [3.63, 3.8) is 0 Å². The number of nitrogens with one attached hydrogen (secondary N) is 2. The number of amides is 1. The minimum Gasteiger partial charge on any atom is -0.491 e. The summed E-state index contributed by atoms with van der Waals surface area (Å²) in [5.41, 5.74) is 3.89. The van der Waals surface area contributed by atoms with Crippen LogP contribution < -0.4 is 15.4 Å². The molecule has 0 spiro atoms. The summed E-state index contributed by atoms with van der Waals surface area (Å²) in [4.78, 5) is 16.6. The fourth-order valence-electron chi connectivity index (χ4n) is 2.56. The molecule has 3 rings (SSSR count). The number of para-hydroxylation sites is 1. The van der Waals surface area contributed by atoms with Crippen molar-refractivity contribution in [3.8, 4) is 5.75 Å². The minimum atomic E-state index is -0.231. The van der Waals surface area contributed by atoms with Gasteiger partial charge in [0.25, 0.3) is 5.91 Å². The maximum Gasteiger partial charge on any atom is 0.274 e. The van der Waals surface area contributed by atoms with Crippen LogP contribution in [0.25, 0.3) is 0 Å². The largest absolute Gasteiger partial charge is 0.491 e. The van der Waals surface area contributed by atoms with Crippen molar-refractivity contribution in [1.29, 1.82) is 0 Å². The summed E-state index contributed by atoms with van der Waals surface area (Å²) in [6, 6.07) is 18.9. The molecule has 0 bridgehead atoms. The van der Waals surface area contributed by atoms with Gasteiger partial charge in [0.05, 0.1) is 18.0 Å². The first-order chi connectivity index (χ1) is 13.0. The number of hydrogen-bond donors (Lipinski definition) is 2. The van der Waals surface area contributed by atoms with Crippen molar-refractivity contribution in [2.45, 2.75) is 26.9 Å². The van der Waals surface area contributed by atoms with Crippen LogP contribution in [0.2, 0.25) is 0 Å². The zero-order chi connectivity index (χ0) is 19.2. The molecule has 2 aromatic carbocycles. The zero-order valence-corrected chi connectivity index (χ0v) is 15.7. The number of anilines is 3.